The average molecular weight is 351 g/mol. The van der Waals surface area contributed by atoms with Crippen LogP contribution in [0.1, 0.15) is 63.4 Å². The largest absolute Gasteiger partial charge is 0.349 e. The number of halogens is 1. The van der Waals surface area contributed by atoms with Gasteiger partial charge in [0.25, 0.3) is 0 Å². The van der Waals surface area contributed by atoms with Crippen molar-refractivity contribution in [2.75, 3.05) is 6.54 Å². The topological polar surface area (TPSA) is 55.1 Å². The van der Waals surface area contributed by atoms with E-state index in [0.717, 1.165) is 12.8 Å². The van der Waals surface area contributed by atoms with E-state index < -0.39 is 0 Å². The first-order chi connectivity index (χ1) is 11.1. The van der Waals surface area contributed by atoms with Crippen molar-refractivity contribution in [3.8, 4) is 0 Å². The lowest BCUT2D eigenvalue weighted by Gasteiger charge is -2.32. The minimum absolute atomic E-state index is 0. The van der Waals surface area contributed by atoms with Crippen LogP contribution < -0.4 is 11.1 Å². The first kappa shape index (κ1) is 19.3. The number of benzene rings is 1. The Morgan fingerprint density at radius 2 is 1.75 bits per heavy atom. The number of rotatable bonds is 6. The van der Waals surface area contributed by atoms with Gasteiger partial charge in [0.2, 0.25) is 5.91 Å². The van der Waals surface area contributed by atoms with Gasteiger partial charge in [-0.3, -0.25) is 4.79 Å². The second-order valence-electron chi connectivity index (χ2n) is 7.78. The fraction of sp³-hybridized carbons (Fsp3) is 0.650. The van der Waals surface area contributed by atoms with Crippen molar-refractivity contribution in [3.63, 3.8) is 0 Å². The molecule has 1 aromatic rings. The first-order valence-corrected chi connectivity index (χ1v) is 9.17. The maximum atomic E-state index is 12.4. The molecule has 0 spiro atoms. The maximum Gasteiger partial charge on any atom is 0.220 e. The highest BCUT2D eigenvalue weighted by Crippen LogP contribution is 2.40. The standard InChI is InChI=1S/C20H30N2O.ClH/c1-20(14-21,18-11-12-18)22-19(23)13-15-7-9-17(10-8-15)16-5-3-2-4-6-16;/h2-6,15,17-18H,7-14,21H2,1H3,(H,22,23);1H. The van der Waals surface area contributed by atoms with Crippen LogP contribution in [0.4, 0.5) is 0 Å². The molecule has 3 rings (SSSR count). The van der Waals surface area contributed by atoms with Crippen LogP contribution in [0.15, 0.2) is 30.3 Å². The quantitative estimate of drug-likeness (QED) is 0.814. The van der Waals surface area contributed by atoms with E-state index in [1.54, 1.807) is 0 Å². The van der Waals surface area contributed by atoms with Crippen molar-refractivity contribution in [2.24, 2.45) is 17.6 Å². The third-order valence-corrected chi connectivity index (χ3v) is 5.92. The van der Waals surface area contributed by atoms with Crippen molar-refractivity contribution in [3.05, 3.63) is 35.9 Å². The molecule has 4 heteroatoms. The van der Waals surface area contributed by atoms with E-state index in [-0.39, 0.29) is 23.9 Å². The van der Waals surface area contributed by atoms with Gasteiger partial charge < -0.3 is 11.1 Å². The monoisotopic (exact) mass is 350 g/mol. The molecule has 0 radical (unpaired) electrons. The number of carbonyl (C=O) groups excluding carboxylic acids is 1. The molecule has 0 aromatic heterocycles. The van der Waals surface area contributed by atoms with Gasteiger partial charge in [-0.1, -0.05) is 30.3 Å². The van der Waals surface area contributed by atoms with E-state index in [2.05, 4.69) is 42.6 Å². The van der Waals surface area contributed by atoms with Gasteiger partial charge in [0.05, 0.1) is 5.54 Å². The summed E-state index contributed by atoms with van der Waals surface area (Å²) in [6, 6.07) is 10.8. The van der Waals surface area contributed by atoms with Crippen molar-refractivity contribution in [2.45, 2.75) is 63.3 Å². The van der Waals surface area contributed by atoms with Gasteiger partial charge in [-0.15, -0.1) is 12.4 Å². The van der Waals surface area contributed by atoms with Gasteiger partial charge in [0, 0.05) is 13.0 Å². The normalized spacial score (nSPS) is 26.1. The molecule has 1 amide bonds. The van der Waals surface area contributed by atoms with Gasteiger partial charge in [-0.05, 0) is 68.8 Å². The van der Waals surface area contributed by atoms with E-state index in [1.807, 2.05) is 0 Å². The molecule has 0 saturated heterocycles. The van der Waals surface area contributed by atoms with Crippen LogP contribution in [-0.2, 0) is 4.79 Å². The predicted octanol–water partition coefficient (Wildman–Crippen LogP) is 4.02. The lowest BCUT2D eigenvalue weighted by molar-refractivity contribution is -0.124. The highest BCUT2D eigenvalue weighted by atomic mass is 35.5. The van der Waals surface area contributed by atoms with Gasteiger partial charge in [-0.25, -0.2) is 0 Å². The maximum absolute atomic E-state index is 12.4. The van der Waals surface area contributed by atoms with E-state index >= 15 is 0 Å². The number of nitrogens with two attached hydrogens (primary N) is 1. The van der Waals surface area contributed by atoms with Crippen LogP contribution in [0.3, 0.4) is 0 Å². The highest BCUT2D eigenvalue weighted by Gasteiger charge is 2.41. The molecular weight excluding hydrogens is 320 g/mol. The second kappa shape index (κ2) is 8.35. The van der Waals surface area contributed by atoms with E-state index in [1.165, 1.54) is 31.2 Å². The van der Waals surface area contributed by atoms with Gasteiger partial charge in [-0.2, -0.15) is 0 Å². The zero-order chi connectivity index (χ0) is 16.3. The molecule has 0 heterocycles. The molecule has 1 aromatic carbocycles. The summed E-state index contributed by atoms with van der Waals surface area (Å²) >= 11 is 0. The van der Waals surface area contributed by atoms with Gasteiger partial charge >= 0.3 is 0 Å². The molecule has 0 bridgehead atoms. The van der Waals surface area contributed by atoms with Gasteiger partial charge in [0.15, 0.2) is 0 Å². The Balaban J connectivity index is 0.00000208. The molecule has 3 N–H and O–H groups in total. The molecule has 0 aliphatic heterocycles. The van der Waals surface area contributed by atoms with Crippen molar-refractivity contribution >= 4 is 18.3 Å². The fourth-order valence-electron chi connectivity index (χ4n) is 4.10. The molecule has 2 aliphatic rings. The minimum atomic E-state index is -0.182. The molecule has 1 unspecified atom stereocenters. The Labute approximate surface area is 152 Å². The van der Waals surface area contributed by atoms with Crippen molar-refractivity contribution in [1.82, 2.24) is 5.32 Å². The molecule has 3 nitrogen and oxygen atoms in total. The fourth-order valence-corrected chi connectivity index (χ4v) is 4.10. The number of hydrogen-bond donors (Lipinski definition) is 2. The Kier molecular flexibility index (Phi) is 6.70. The molecule has 1 atom stereocenters. The smallest absolute Gasteiger partial charge is 0.220 e. The Morgan fingerprint density at radius 1 is 1.12 bits per heavy atom. The SMILES string of the molecule is CC(CN)(NC(=O)CC1CCC(c2ccccc2)CC1)C1CC1.Cl. The molecule has 2 fully saturated rings. The Morgan fingerprint density at radius 3 is 2.29 bits per heavy atom. The zero-order valence-electron chi connectivity index (χ0n) is 14.7. The summed E-state index contributed by atoms with van der Waals surface area (Å²) in [4.78, 5) is 12.4. The van der Waals surface area contributed by atoms with Crippen LogP contribution in [0.25, 0.3) is 0 Å². The van der Waals surface area contributed by atoms with Crippen LogP contribution in [-0.4, -0.2) is 18.0 Å². The van der Waals surface area contributed by atoms with E-state index in [4.69, 9.17) is 5.73 Å². The summed E-state index contributed by atoms with van der Waals surface area (Å²) in [6.07, 6.45) is 7.82. The Bertz CT molecular complexity index is 524. The number of carbonyl (C=O) groups is 1. The van der Waals surface area contributed by atoms with Crippen molar-refractivity contribution in [1.29, 1.82) is 0 Å². The summed E-state index contributed by atoms with van der Waals surface area (Å²) in [5, 5.41) is 3.23. The van der Waals surface area contributed by atoms with Crippen LogP contribution >= 0.6 is 12.4 Å². The summed E-state index contributed by atoms with van der Waals surface area (Å²) in [5.74, 6) is 2.01. The van der Waals surface area contributed by atoms with Crippen LogP contribution in [0.2, 0.25) is 0 Å². The first-order valence-electron chi connectivity index (χ1n) is 9.17. The number of amides is 1. The molecular formula is C20H31ClN2O. The summed E-state index contributed by atoms with van der Waals surface area (Å²) in [6.45, 7) is 2.65. The third-order valence-electron chi connectivity index (χ3n) is 5.92. The Hall–Kier alpha value is -1.06. The van der Waals surface area contributed by atoms with E-state index in [9.17, 15) is 4.79 Å². The van der Waals surface area contributed by atoms with Gasteiger partial charge in [0.1, 0.15) is 0 Å². The van der Waals surface area contributed by atoms with Crippen LogP contribution in [0, 0.1) is 11.8 Å². The highest BCUT2D eigenvalue weighted by molar-refractivity contribution is 5.85. The molecule has 134 valence electrons. The minimum Gasteiger partial charge on any atom is -0.349 e. The predicted molar refractivity (Wildman–Crippen MR) is 101 cm³/mol. The lowest BCUT2D eigenvalue weighted by Crippen LogP contribution is -2.53. The zero-order valence-corrected chi connectivity index (χ0v) is 15.5. The second-order valence-corrected chi connectivity index (χ2v) is 7.78. The number of hydrogen-bond acceptors (Lipinski definition) is 2. The average Bonchev–Trinajstić information content (AvgIpc) is 3.41. The summed E-state index contributed by atoms with van der Waals surface area (Å²) < 4.78 is 0. The lowest BCUT2D eigenvalue weighted by atomic mass is 9.77. The number of nitrogens with one attached hydrogen (secondary N) is 1. The third kappa shape index (κ3) is 4.73. The van der Waals surface area contributed by atoms with E-state index in [0.29, 0.717) is 30.7 Å². The molecule has 2 aliphatic carbocycles. The summed E-state index contributed by atoms with van der Waals surface area (Å²) in [5.41, 5.74) is 7.17. The summed E-state index contributed by atoms with van der Waals surface area (Å²) in [7, 11) is 0. The van der Waals surface area contributed by atoms with Crippen molar-refractivity contribution < 1.29 is 4.79 Å². The molecule has 2 saturated carbocycles. The molecule has 24 heavy (non-hydrogen) atoms. The van der Waals surface area contributed by atoms with Crippen LogP contribution in [0.5, 0.6) is 0 Å².